The standard InChI is InChI=1S/C20H21ClN2O4S/c1-22(2)8-9-23-17(15-5-4-10-28-15)16(19(25)20(23)26)18(24)12-6-7-14(27-3)13(21)11-12/h4-7,10-11,17,24H,8-9H2,1-3H3/b18-16+/t17-/m0/s1. The molecule has 1 aliphatic heterocycles. The lowest BCUT2D eigenvalue weighted by molar-refractivity contribution is -0.140. The second-order valence-electron chi connectivity index (χ2n) is 6.66. The van der Waals surface area contributed by atoms with Gasteiger partial charge in [-0.25, -0.2) is 0 Å². The molecule has 0 spiro atoms. The van der Waals surface area contributed by atoms with Gasteiger partial charge < -0.3 is 19.6 Å². The summed E-state index contributed by atoms with van der Waals surface area (Å²) < 4.78 is 5.13. The van der Waals surface area contributed by atoms with E-state index in [-0.39, 0.29) is 11.3 Å². The average Bonchev–Trinajstić information content (AvgIpc) is 3.27. The zero-order chi connectivity index (χ0) is 20.4. The van der Waals surface area contributed by atoms with Crippen LogP contribution in [-0.2, 0) is 9.59 Å². The first-order valence-corrected chi connectivity index (χ1v) is 9.91. The molecule has 0 saturated carbocycles. The number of likely N-dealkylation sites (N-methyl/N-ethyl adjacent to an activating group) is 1. The number of amides is 1. The van der Waals surface area contributed by atoms with Crippen molar-refractivity contribution in [1.29, 1.82) is 0 Å². The first kappa shape index (κ1) is 20.4. The summed E-state index contributed by atoms with van der Waals surface area (Å²) in [6.07, 6.45) is 0. The Kier molecular flexibility index (Phi) is 6.07. The topological polar surface area (TPSA) is 70.1 Å². The van der Waals surface area contributed by atoms with Crippen molar-refractivity contribution < 1.29 is 19.4 Å². The van der Waals surface area contributed by atoms with E-state index in [9.17, 15) is 14.7 Å². The van der Waals surface area contributed by atoms with Gasteiger partial charge in [0.2, 0.25) is 0 Å². The Balaban J connectivity index is 2.10. The Morgan fingerprint density at radius 1 is 1.32 bits per heavy atom. The second-order valence-corrected chi connectivity index (χ2v) is 8.05. The van der Waals surface area contributed by atoms with Crippen molar-refractivity contribution in [3.63, 3.8) is 0 Å². The van der Waals surface area contributed by atoms with Gasteiger partial charge in [-0.3, -0.25) is 9.59 Å². The predicted octanol–water partition coefficient (Wildman–Crippen LogP) is 3.39. The van der Waals surface area contributed by atoms with Crippen molar-refractivity contribution in [2.24, 2.45) is 0 Å². The van der Waals surface area contributed by atoms with Crippen molar-refractivity contribution in [2.75, 3.05) is 34.3 Å². The van der Waals surface area contributed by atoms with E-state index < -0.39 is 17.7 Å². The van der Waals surface area contributed by atoms with Crippen LogP contribution in [0.3, 0.4) is 0 Å². The number of aliphatic hydroxyl groups is 1. The molecule has 1 fully saturated rings. The molecule has 1 N–H and O–H groups in total. The third-order valence-corrected chi connectivity index (χ3v) is 5.79. The lowest BCUT2D eigenvalue weighted by Gasteiger charge is -2.25. The van der Waals surface area contributed by atoms with Crippen LogP contribution in [-0.4, -0.2) is 60.9 Å². The van der Waals surface area contributed by atoms with Gasteiger partial charge in [0, 0.05) is 23.5 Å². The van der Waals surface area contributed by atoms with Gasteiger partial charge in [-0.2, -0.15) is 0 Å². The number of aliphatic hydroxyl groups excluding tert-OH is 1. The minimum atomic E-state index is -0.693. The van der Waals surface area contributed by atoms with Gasteiger partial charge in [-0.15, -0.1) is 11.3 Å². The summed E-state index contributed by atoms with van der Waals surface area (Å²) in [5.74, 6) is -1.09. The van der Waals surface area contributed by atoms with E-state index in [1.54, 1.807) is 12.1 Å². The molecule has 3 rings (SSSR count). The van der Waals surface area contributed by atoms with Crippen LogP contribution in [0.25, 0.3) is 5.76 Å². The monoisotopic (exact) mass is 420 g/mol. The molecule has 1 atom stereocenters. The number of methoxy groups -OCH3 is 1. The molecular weight excluding hydrogens is 400 g/mol. The SMILES string of the molecule is COc1ccc(/C(O)=C2\C(=O)C(=O)N(CCN(C)C)[C@H]2c2cccs2)cc1Cl. The molecule has 0 unspecified atom stereocenters. The third-order valence-electron chi connectivity index (χ3n) is 4.57. The molecule has 148 valence electrons. The molecule has 1 aromatic carbocycles. The molecule has 1 aliphatic rings. The summed E-state index contributed by atoms with van der Waals surface area (Å²) in [4.78, 5) is 29.8. The highest BCUT2D eigenvalue weighted by atomic mass is 35.5. The summed E-state index contributed by atoms with van der Waals surface area (Å²) in [7, 11) is 5.29. The van der Waals surface area contributed by atoms with Crippen LogP contribution in [0.15, 0.2) is 41.3 Å². The third kappa shape index (κ3) is 3.78. The van der Waals surface area contributed by atoms with Gasteiger partial charge in [-0.1, -0.05) is 17.7 Å². The molecule has 28 heavy (non-hydrogen) atoms. The summed E-state index contributed by atoms with van der Waals surface area (Å²) >= 11 is 7.61. The molecule has 1 amide bonds. The van der Waals surface area contributed by atoms with E-state index in [2.05, 4.69) is 0 Å². The smallest absolute Gasteiger partial charge is 0.295 e. The number of carbonyl (C=O) groups is 2. The molecule has 8 heteroatoms. The number of carbonyl (C=O) groups excluding carboxylic acids is 2. The Bertz CT molecular complexity index is 924. The van der Waals surface area contributed by atoms with Gasteiger partial charge >= 0.3 is 0 Å². The minimum absolute atomic E-state index is 0.0763. The minimum Gasteiger partial charge on any atom is -0.507 e. The number of nitrogens with zero attached hydrogens (tertiary/aromatic N) is 2. The molecule has 1 saturated heterocycles. The zero-order valence-electron chi connectivity index (χ0n) is 15.8. The van der Waals surface area contributed by atoms with Gasteiger partial charge in [-0.05, 0) is 43.7 Å². The van der Waals surface area contributed by atoms with E-state index >= 15 is 0 Å². The van der Waals surface area contributed by atoms with Crippen molar-refractivity contribution >= 4 is 40.4 Å². The number of hydrogen-bond donors (Lipinski definition) is 1. The first-order valence-electron chi connectivity index (χ1n) is 8.65. The molecule has 0 radical (unpaired) electrons. The van der Waals surface area contributed by atoms with E-state index in [0.717, 1.165) is 4.88 Å². The Labute approximate surface area is 172 Å². The van der Waals surface area contributed by atoms with Gasteiger partial charge in [0.1, 0.15) is 11.5 Å². The largest absolute Gasteiger partial charge is 0.507 e. The van der Waals surface area contributed by atoms with Gasteiger partial charge in [0.25, 0.3) is 11.7 Å². The molecule has 0 bridgehead atoms. The van der Waals surface area contributed by atoms with Crippen molar-refractivity contribution in [3.8, 4) is 5.75 Å². The predicted molar refractivity (Wildman–Crippen MR) is 110 cm³/mol. The average molecular weight is 421 g/mol. The molecule has 1 aromatic heterocycles. The van der Waals surface area contributed by atoms with Crippen LogP contribution in [0, 0.1) is 0 Å². The van der Waals surface area contributed by atoms with Gasteiger partial charge in [0.05, 0.1) is 23.7 Å². The quantitative estimate of drug-likeness (QED) is 0.440. The van der Waals surface area contributed by atoms with Crippen molar-refractivity contribution in [3.05, 3.63) is 56.7 Å². The second kappa shape index (κ2) is 8.34. The van der Waals surface area contributed by atoms with Crippen LogP contribution >= 0.6 is 22.9 Å². The molecule has 6 nitrogen and oxygen atoms in total. The van der Waals surface area contributed by atoms with Gasteiger partial charge in [0.15, 0.2) is 0 Å². The number of hydrogen-bond acceptors (Lipinski definition) is 6. The number of benzene rings is 1. The lowest BCUT2D eigenvalue weighted by Crippen LogP contribution is -2.35. The van der Waals surface area contributed by atoms with Crippen LogP contribution in [0.2, 0.25) is 5.02 Å². The normalized spacial score (nSPS) is 18.9. The van der Waals surface area contributed by atoms with E-state index in [1.807, 2.05) is 36.5 Å². The highest BCUT2D eigenvalue weighted by molar-refractivity contribution is 7.10. The van der Waals surface area contributed by atoms with Crippen LogP contribution in [0.1, 0.15) is 16.5 Å². The number of rotatable bonds is 6. The highest BCUT2D eigenvalue weighted by Gasteiger charge is 2.46. The fraction of sp³-hybridized carbons (Fsp3) is 0.300. The number of thiophene rings is 1. The number of likely N-dealkylation sites (tertiary alicyclic amines) is 1. The number of Topliss-reactive ketones (excluding diaryl/α,β-unsaturated/α-hetero) is 1. The van der Waals surface area contributed by atoms with E-state index in [1.165, 1.54) is 29.4 Å². The Morgan fingerprint density at radius 3 is 2.64 bits per heavy atom. The summed E-state index contributed by atoms with van der Waals surface area (Å²) in [5, 5.41) is 13.1. The van der Waals surface area contributed by atoms with Crippen LogP contribution in [0.4, 0.5) is 0 Å². The number of ether oxygens (including phenoxy) is 1. The summed E-state index contributed by atoms with van der Waals surface area (Å²) in [6.45, 7) is 0.976. The highest BCUT2D eigenvalue weighted by Crippen LogP contribution is 2.41. The summed E-state index contributed by atoms with van der Waals surface area (Å²) in [6, 6.07) is 7.84. The fourth-order valence-electron chi connectivity index (χ4n) is 3.13. The number of halogens is 1. The lowest BCUT2D eigenvalue weighted by atomic mass is 10.00. The van der Waals surface area contributed by atoms with Crippen LogP contribution < -0.4 is 4.74 Å². The van der Waals surface area contributed by atoms with E-state index in [4.69, 9.17) is 16.3 Å². The molecule has 2 heterocycles. The van der Waals surface area contributed by atoms with Crippen molar-refractivity contribution in [2.45, 2.75) is 6.04 Å². The molecule has 0 aliphatic carbocycles. The zero-order valence-corrected chi connectivity index (χ0v) is 17.4. The number of ketones is 1. The Morgan fingerprint density at radius 2 is 2.07 bits per heavy atom. The maximum atomic E-state index is 12.8. The van der Waals surface area contributed by atoms with Crippen LogP contribution in [0.5, 0.6) is 5.75 Å². The fourth-order valence-corrected chi connectivity index (χ4v) is 4.23. The molecule has 2 aromatic rings. The Hall–Kier alpha value is -2.35. The summed E-state index contributed by atoms with van der Waals surface area (Å²) in [5.41, 5.74) is 0.436. The van der Waals surface area contributed by atoms with E-state index in [0.29, 0.717) is 29.4 Å². The maximum absolute atomic E-state index is 12.8. The maximum Gasteiger partial charge on any atom is 0.295 e. The first-order chi connectivity index (χ1) is 13.3. The molecular formula is C20H21ClN2O4S. The van der Waals surface area contributed by atoms with Crippen molar-refractivity contribution in [1.82, 2.24) is 9.80 Å².